The van der Waals surface area contributed by atoms with Crippen molar-refractivity contribution in [1.29, 1.82) is 5.26 Å². The first kappa shape index (κ1) is 15.4. The molecule has 0 heterocycles. The zero-order chi connectivity index (χ0) is 15.4. The average Bonchev–Trinajstić information content (AvgIpc) is 2.49. The summed E-state index contributed by atoms with van der Waals surface area (Å²) in [6.07, 6.45) is 0. The van der Waals surface area contributed by atoms with Gasteiger partial charge in [-0.25, -0.2) is 0 Å². The van der Waals surface area contributed by atoms with Gasteiger partial charge in [0, 0.05) is 4.47 Å². The van der Waals surface area contributed by atoms with Crippen molar-refractivity contribution in [1.82, 2.24) is 0 Å². The number of nitriles is 1. The minimum atomic E-state index is -0.415. The van der Waals surface area contributed by atoms with Crippen molar-refractivity contribution in [3.05, 3.63) is 57.0 Å². The Bertz CT molecular complexity index is 741. The van der Waals surface area contributed by atoms with Gasteiger partial charge in [-0.3, -0.25) is 4.79 Å². The number of halogens is 2. The predicted octanol–water partition coefficient (Wildman–Crippen LogP) is 4.24. The number of benzene rings is 2. The normalized spacial score (nSPS) is 9.81. The predicted molar refractivity (Wildman–Crippen MR) is 84.8 cm³/mol. The Morgan fingerprint density at radius 1 is 1.38 bits per heavy atom. The summed E-state index contributed by atoms with van der Waals surface area (Å²) in [5.74, 6) is -0.00387. The van der Waals surface area contributed by atoms with Gasteiger partial charge >= 0.3 is 0 Å². The molecule has 6 heteroatoms. The lowest BCUT2D eigenvalue weighted by molar-refractivity contribution is 0.102. The fraction of sp³-hybridized carbons (Fsp3) is 0.0667. The first-order valence-electron chi connectivity index (χ1n) is 5.90. The monoisotopic (exact) mass is 364 g/mol. The van der Waals surface area contributed by atoms with Crippen LogP contribution in [0.25, 0.3) is 0 Å². The first-order valence-corrected chi connectivity index (χ1v) is 7.07. The SMILES string of the molecule is COc1cccc(C#N)c1NC(=O)c1cc(Br)ccc1Cl. The number of amides is 1. The van der Waals surface area contributed by atoms with Crippen molar-refractivity contribution in [3.63, 3.8) is 0 Å². The van der Waals surface area contributed by atoms with Crippen LogP contribution >= 0.6 is 27.5 Å². The van der Waals surface area contributed by atoms with Crippen molar-refractivity contribution in [2.45, 2.75) is 0 Å². The lowest BCUT2D eigenvalue weighted by atomic mass is 10.1. The summed E-state index contributed by atoms with van der Waals surface area (Å²) >= 11 is 9.32. The van der Waals surface area contributed by atoms with E-state index in [9.17, 15) is 4.79 Å². The quantitative estimate of drug-likeness (QED) is 0.885. The molecule has 1 amide bonds. The Kier molecular flexibility index (Phi) is 4.84. The van der Waals surface area contributed by atoms with E-state index in [1.165, 1.54) is 7.11 Å². The summed E-state index contributed by atoms with van der Waals surface area (Å²) in [6, 6.07) is 11.9. The van der Waals surface area contributed by atoms with Crippen LogP contribution in [0.1, 0.15) is 15.9 Å². The second-order valence-corrected chi connectivity index (χ2v) is 5.40. The Balaban J connectivity index is 2.41. The van der Waals surface area contributed by atoms with E-state index in [0.717, 1.165) is 4.47 Å². The van der Waals surface area contributed by atoms with Gasteiger partial charge in [0.05, 0.1) is 23.3 Å². The van der Waals surface area contributed by atoms with E-state index in [0.29, 0.717) is 27.6 Å². The molecule has 0 bridgehead atoms. The third kappa shape index (κ3) is 3.35. The molecule has 2 rings (SSSR count). The van der Waals surface area contributed by atoms with Gasteiger partial charge in [-0.15, -0.1) is 0 Å². The molecule has 0 aromatic heterocycles. The molecule has 21 heavy (non-hydrogen) atoms. The zero-order valence-electron chi connectivity index (χ0n) is 11.0. The Morgan fingerprint density at radius 2 is 2.14 bits per heavy atom. The number of carbonyl (C=O) groups excluding carboxylic acids is 1. The van der Waals surface area contributed by atoms with Gasteiger partial charge in [0.2, 0.25) is 0 Å². The number of hydrogen-bond donors (Lipinski definition) is 1. The van der Waals surface area contributed by atoms with E-state index in [2.05, 4.69) is 21.2 Å². The molecular formula is C15H10BrClN2O2. The summed E-state index contributed by atoms with van der Waals surface area (Å²) in [4.78, 5) is 12.3. The first-order chi connectivity index (χ1) is 10.1. The molecule has 0 spiro atoms. The van der Waals surface area contributed by atoms with E-state index in [1.54, 1.807) is 36.4 Å². The molecular weight excluding hydrogens is 356 g/mol. The number of nitrogens with one attached hydrogen (secondary N) is 1. The number of methoxy groups -OCH3 is 1. The molecule has 0 saturated heterocycles. The molecule has 106 valence electrons. The molecule has 0 aliphatic carbocycles. The highest BCUT2D eigenvalue weighted by Gasteiger charge is 2.16. The highest BCUT2D eigenvalue weighted by atomic mass is 79.9. The molecule has 0 unspecified atom stereocenters. The largest absolute Gasteiger partial charge is 0.495 e. The van der Waals surface area contributed by atoms with Crippen molar-refractivity contribution < 1.29 is 9.53 Å². The van der Waals surface area contributed by atoms with E-state index < -0.39 is 5.91 Å². The molecule has 0 aliphatic rings. The maximum atomic E-state index is 12.3. The number of rotatable bonds is 3. The highest BCUT2D eigenvalue weighted by molar-refractivity contribution is 9.10. The molecule has 2 aromatic rings. The Hall–Kier alpha value is -2.03. The standard InChI is InChI=1S/C15H10BrClN2O2/c1-21-13-4-2-3-9(8-18)14(13)19-15(20)11-7-10(16)5-6-12(11)17/h2-7H,1H3,(H,19,20). The smallest absolute Gasteiger partial charge is 0.257 e. The van der Waals surface area contributed by atoms with E-state index in [-0.39, 0.29) is 0 Å². The highest BCUT2D eigenvalue weighted by Crippen LogP contribution is 2.29. The van der Waals surface area contributed by atoms with Gasteiger partial charge in [-0.1, -0.05) is 33.6 Å². The van der Waals surface area contributed by atoms with Gasteiger partial charge in [-0.2, -0.15) is 5.26 Å². The summed E-state index contributed by atoms with van der Waals surface area (Å²) in [5.41, 5.74) is 0.943. The van der Waals surface area contributed by atoms with Gasteiger partial charge in [0.25, 0.3) is 5.91 Å². The molecule has 0 fully saturated rings. The summed E-state index contributed by atoms with van der Waals surface area (Å²) in [5, 5.41) is 12.1. The maximum absolute atomic E-state index is 12.3. The Labute approximate surface area is 135 Å². The van der Waals surface area contributed by atoms with Gasteiger partial charge < -0.3 is 10.1 Å². The van der Waals surface area contributed by atoms with Crippen molar-refractivity contribution in [3.8, 4) is 11.8 Å². The third-order valence-electron chi connectivity index (χ3n) is 2.78. The van der Waals surface area contributed by atoms with E-state index >= 15 is 0 Å². The fourth-order valence-electron chi connectivity index (χ4n) is 1.78. The van der Waals surface area contributed by atoms with Crippen LogP contribution in [0, 0.1) is 11.3 Å². The number of anilines is 1. The number of para-hydroxylation sites is 1. The van der Waals surface area contributed by atoms with Crippen molar-refractivity contribution >= 4 is 39.1 Å². The number of nitrogens with zero attached hydrogens (tertiary/aromatic N) is 1. The molecule has 0 radical (unpaired) electrons. The van der Waals surface area contributed by atoms with E-state index in [1.807, 2.05) is 6.07 Å². The zero-order valence-corrected chi connectivity index (χ0v) is 13.3. The number of carbonyl (C=O) groups is 1. The topological polar surface area (TPSA) is 62.1 Å². The van der Waals surface area contributed by atoms with Crippen LogP contribution in [0.2, 0.25) is 5.02 Å². The Morgan fingerprint density at radius 3 is 2.81 bits per heavy atom. The summed E-state index contributed by atoms with van der Waals surface area (Å²) < 4.78 is 5.90. The molecule has 2 aromatic carbocycles. The van der Waals surface area contributed by atoms with Crippen LogP contribution < -0.4 is 10.1 Å². The van der Waals surface area contributed by atoms with Crippen LogP contribution in [-0.2, 0) is 0 Å². The van der Waals surface area contributed by atoms with Crippen LogP contribution in [0.15, 0.2) is 40.9 Å². The second-order valence-electron chi connectivity index (χ2n) is 4.07. The lowest BCUT2D eigenvalue weighted by Gasteiger charge is -2.12. The number of ether oxygens (including phenoxy) is 1. The lowest BCUT2D eigenvalue weighted by Crippen LogP contribution is -2.14. The minimum absolute atomic E-state index is 0.306. The van der Waals surface area contributed by atoms with Crippen LogP contribution in [0.3, 0.4) is 0 Å². The fourth-order valence-corrected chi connectivity index (χ4v) is 2.34. The van der Waals surface area contributed by atoms with Gasteiger partial charge in [-0.05, 0) is 30.3 Å². The molecule has 4 nitrogen and oxygen atoms in total. The van der Waals surface area contributed by atoms with Crippen LogP contribution in [0.5, 0.6) is 5.75 Å². The van der Waals surface area contributed by atoms with E-state index in [4.69, 9.17) is 21.6 Å². The molecule has 0 aliphatic heterocycles. The minimum Gasteiger partial charge on any atom is -0.495 e. The van der Waals surface area contributed by atoms with Crippen molar-refractivity contribution in [2.75, 3.05) is 12.4 Å². The number of hydrogen-bond acceptors (Lipinski definition) is 3. The maximum Gasteiger partial charge on any atom is 0.257 e. The second kappa shape index (κ2) is 6.61. The average molecular weight is 366 g/mol. The van der Waals surface area contributed by atoms with Gasteiger partial charge in [0.15, 0.2) is 0 Å². The summed E-state index contributed by atoms with van der Waals surface area (Å²) in [7, 11) is 1.47. The van der Waals surface area contributed by atoms with Gasteiger partial charge in [0.1, 0.15) is 17.5 Å². The molecule has 0 atom stereocenters. The van der Waals surface area contributed by atoms with Crippen LogP contribution in [0.4, 0.5) is 5.69 Å². The van der Waals surface area contributed by atoms with Crippen LogP contribution in [-0.4, -0.2) is 13.0 Å². The van der Waals surface area contributed by atoms with Crippen molar-refractivity contribution in [2.24, 2.45) is 0 Å². The summed E-state index contributed by atoms with van der Waals surface area (Å²) in [6.45, 7) is 0. The molecule has 1 N–H and O–H groups in total. The molecule has 0 saturated carbocycles. The third-order valence-corrected chi connectivity index (χ3v) is 3.60.